The van der Waals surface area contributed by atoms with Crippen LogP contribution < -0.4 is 16.8 Å². The van der Waals surface area contributed by atoms with Crippen LogP contribution in [0.25, 0.3) is 11.1 Å². The van der Waals surface area contributed by atoms with E-state index in [0.29, 0.717) is 16.1 Å². The van der Waals surface area contributed by atoms with Crippen molar-refractivity contribution in [2.75, 3.05) is 11.9 Å². The molecule has 3 rings (SSSR count). The minimum Gasteiger partial charge on any atom is -0.462 e. The Morgan fingerprint density at radius 3 is 2.72 bits per heavy atom. The molecule has 0 aliphatic heterocycles. The summed E-state index contributed by atoms with van der Waals surface area (Å²) in [7, 11) is 0. The third kappa shape index (κ3) is 4.03. The zero-order chi connectivity index (χ0) is 21.3. The zero-order valence-electron chi connectivity index (χ0n) is 15.4. The van der Waals surface area contributed by atoms with Crippen molar-refractivity contribution in [2.45, 2.75) is 20.4 Å². The predicted molar refractivity (Wildman–Crippen MR) is 108 cm³/mol. The summed E-state index contributed by atoms with van der Waals surface area (Å²) < 4.78 is 11.2. The first-order valence-electron chi connectivity index (χ1n) is 8.42. The Kier molecular flexibility index (Phi) is 5.76. The Morgan fingerprint density at radius 1 is 1.34 bits per heavy atom. The average Bonchev–Trinajstić information content (AvgIpc) is 3.11. The lowest BCUT2D eigenvalue weighted by atomic mass is 10.1. The number of halogens is 1. The summed E-state index contributed by atoms with van der Waals surface area (Å²) in [5.41, 5.74) is 6.34. The van der Waals surface area contributed by atoms with Crippen molar-refractivity contribution in [1.29, 1.82) is 0 Å². The Balaban J connectivity index is 1.92. The van der Waals surface area contributed by atoms with Gasteiger partial charge in [0.1, 0.15) is 11.5 Å². The van der Waals surface area contributed by atoms with Crippen LogP contribution in [0.1, 0.15) is 32.5 Å². The molecule has 29 heavy (non-hydrogen) atoms. The number of amides is 2. The molecule has 0 atom stereocenters. The van der Waals surface area contributed by atoms with E-state index in [1.807, 2.05) is 0 Å². The van der Waals surface area contributed by atoms with Gasteiger partial charge in [-0.1, -0.05) is 11.6 Å². The van der Waals surface area contributed by atoms with E-state index in [2.05, 4.69) is 5.32 Å². The number of hydrogen-bond donors (Lipinski definition) is 2. The summed E-state index contributed by atoms with van der Waals surface area (Å²) in [6.45, 7) is 2.91. The van der Waals surface area contributed by atoms with Gasteiger partial charge in [-0.15, -0.1) is 11.3 Å². The summed E-state index contributed by atoms with van der Waals surface area (Å²) in [5, 5.41) is 3.05. The number of aromatic nitrogens is 1. The summed E-state index contributed by atoms with van der Waals surface area (Å²) in [5.74, 6) is -2.76. The Morgan fingerprint density at radius 2 is 2.07 bits per heavy atom. The predicted octanol–water partition coefficient (Wildman–Crippen LogP) is 2.53. The first-order valence-corrected chi connectivity index (χ1v) is 9.61. The van der Waals surface area contributed by atoms with E-state index in [0.717, 1.165) is 15.9 Å². The number of esters is 1. The number of hydrogen-bond acceptors (Lipinski definition) is 7. The van der Waals surface area contributed by atoms with Gasteiger partial charge in [0.25, 0.3) is 5.91 Å². The molecule has 0 bridgehead atoms. The number of ether oxygens (including phenoxy) is 1. The van der Waals surface area contributed by atoms with Gasteiger partial charge in [0, 0.05) is 11.1 Å². The van der Waals surface area contributed by atoms with E-state index >= 15 is 0 Å². The molecule has 2 amide bonds. The van der Waals surface area contributed by atoms with E-state index in [4.69, 9.17) is 26.5 Å². The van der Waals surface area contributed by atoms with Gasteiger partial charge in [-0.2, -0.15) is 0 Å². The molecule has 0 aliphatic rings. The van der Waals surface area contributed by atoms with Crippen LogP contribution >= 0.6 is 22.9 Å². The highest BCUT2D eigenvalue weighted by Crippen LogP contribution is 2.33. The van der Waals surface area contributed by atoms with Crippen molar-refractivity contribution < 1.29 is 23.5 Å². The SMILES string of the molecule is CCOC(=O)c1c(NC(=O)Cn2c(=O)oc3cc(Cl)ccc32)sc(C(N)=O)c1C. The van der Waals surface area contributed by atoms with Crippen LogP contribution in [0.3, 0.4) is 0 Å². The van der Waals surface area contributed by atoms with Crippen molar-refractivity contribution >= 4 is 56.8 Å². The minimum absolute atomic E-state index is 0.0511. The number of benzene rings is 1. The maximum absolute atomic E-state index is 12.6. The molecular formula is C18H16ClN3O6S. The van der Waals surface area contributed by atoms with Crippen molar-refractivity contribution in [3.8, 4) is 0 Å². The van der Waals surface area contributed by atoms with E-state index in [1.165, 1.54) is 13.0 Å². The lowest BCUT2D eigenvalue weighted by Crippen LogP contribution is -2.25. The van der Waals surface area contributed by atoms with E-state index in [-0.39, 0.29) is 34.2 Å². The molecule has 0 spiro atoms. The lowest BCUT2D eigenvalue weighted by Gasteiger charge is -2.07. The zero-order valence-corrected chi connectivity index (χ0v) is 17.0. The first kappa shape index (κ1) is 20.6. The molecule has 11 heteroatoms. The van der Waals surface area contributed by atoms with Crippen molar-refractivity contribution in [2.24, 2.45) is 5.73 Å². The number of oxazole rings is 1. The van der Waals surface area contributed by atoms with Gasteiger partial charge in [0.2, 0.25) is 5.91 Å². The molecule has 0 saturated carbocycles. The normalized spacial score (nSPS) is 10.9. The number of thiophene rings is 1. The van der Waals surface area contributed by atoms with E-state index in [9.17, 15) is 19.2 Å². The van der Waals surface area contributed by atoms with Crippen LogP contribution in [0.4, 0.5) is 5.00 Å². The van der Waals surface area contributed by atoms with Crippen molar-refractivity contribution in [3.63, 3.8) is 0 Å². The highest BCUT2D eigenvalue weighted by Gasteiger charge is 2.26. The Bertz CT molecular complexity index is 1190. The lowest BCUT2D eigenvalue weighted by molar-refractivity contribution is -0.116. The van der Waals surface area contributed by atoms with Crippen LogP contribution in [-0.4, -0.2) is 29.0 Å². The molecule has 2 aromatic heterocycles. The van der Waals surface area contributed by atoms with Crippen LogP contribution in [-0.2, 0) is 16.1 Å². The highest BCUT2D eigenvalue weighted by molar-refractivity contribution is 7.18. The standard InChI is InChI=1S/C18H16ClN3O6S/c1-3-27-17(25)13-8(2)14(15(20)24)29-16(13)21-12(23)7-22-10-5-4-9(19)6-11(10)28-18(22)26/h4-6H,3,7H2,1-2H3,(H2,20,24)(H,21,23). The van der Waals surface area contributed by atoms with E-state index < -0.39 is 23.5 Å². The van der Waals surface area contributed by atoms with Gasteiger partial charge in [-0.3, -0.25) is 14.2 Å². The van der Waals surface area contributed by atoms with Crippen LogP contribution in [0.2, 0.25) is 5.02 Å². The number of primary amides is 1. The number of nitrogens with one attached hydrogen (secondary N) is 1. The molecular weight excluding hydrogens is 422 g/mol. The summed E-state index contributed by atoms with van der Waals surface area (Å²) in [6.07, 6.45) is 0. The molecule has 9 nitrogen and oxygen atoms in total. The van der Waals surface area contributed by atoms with Gasteiger partial charge in [-0.05, 0) is 31.5 Å². The van der Waals surface area contributed by atoms with Gasteiger partial charge >= 0.3 is 11.7 Å². The number of carbonyl (C=O) groups excluding carboxylic acids is 3. The summed E-state index contributed by atoms with van der Waals surface area (Å²) >= 11 is 6.74. The Hall–Kier alpha value is -3.11. The third-order valence-electron chi connectivity index (χ3n) is 4.04. The van der Waals surface area contributed by atoms with Gasteiger partial charge in [0.05, 0.1) is 22.6 Å². The third-order valence-corrected chi connectivity index (χ3v) is 5.49. The Labute approximate surface area is 173 Å². The molecule has 3 aromatic rings. The maximum Gasteiger partial charge on any atom is 0.420 e. The molecule has 0 saturated heterocycles. The highest BCUT2D eigenvalue weighted by atomic mass is 35.5. The summed E-state index contributed by atoms with van der Waals surface area (Å²) in [6, 6.07) is 4.58. The topological polar surface area (TPSA) is 134 Å². The fourth-order valence-corrected chi connectivity index (χ4v) is 4.01. The fourth-order valence-electron chi connectivity index (χ4n) is 2.79. The molecule has 3 N–H and O–H groups in total. The molecule has 0 unspecified atom stereocenters. The molecule has 2 heterocycles. The number of fused-ring (bicyclic) bond motifs is 1. The first-order chi connectivity index (χ1) is 13.7. The number of nitrogens with two attached hydrogens (primary N) is 1. The maximum atomic E-state index is 12.6. The van der Waals surface area contributed by atoms with Crippen LogP contribution in [0, 0.1) is 6.92 Å². The van der Waals surface area contributed by atoms with Gasteiger partial charge in [0.15, 0.2) is 5.58 Å². The molecule has 1 aromatic carbocycles. The van der Waals surface area contributed by atoms with E-state index in [1.54, 1.807) is 19.1 Å². The second-order valence-corrected chi connectivity index (χ2v) is 7.42. The number of anilines is 1. The average molecular weight is 438 g/mol. The second-order valence-electron chi connectivity index (χ2n) is 5.96. The number of nitrogens with zero attached hydrogens (tertiary/aromatic N) is 1. The monoisotopic (exact) mass is 437 g/mol. The van der Waals surface area contributed by atoms with Crippen LogP contribution in [0.5, 0.6) is 0 Å². The number of rotatable bonds is 6. The largest absolute Gasteiger partial charge is 0.462 e. The minimum atomic E-state index is -0.733. The molecule has 0 fully saturated rings. The van der Waals surface area contributed by atoms with Crippen molar-refractivity contribution in [1.82, 2.24) is 4.57 Å². The van der Waals surface area contributed by atoms with Gasteiger partial charge in [-0.25, -0.2) is 9.59 Å². The smallest absolute Gasteiger partial charge is 0.420 e. The second kappa shape index (κ2) is 8.10. The summed E-state index contributed by atoms with van der Waals surface area (Å²) in [4.78, 5) is 48.7. The quantitative estimate of drug-likeness (QED) is 0.569. The molecule has 0 radical (unpaired) electrons. The van der Waals surface area contributed by atoms with Gasteiger partial charge < -0.3 is 20.2 Å². The fraction of sp³-hybridized carbons (Fsp3) is 0.222. The number of carbonyl (C=O) groups is 3. The molecule has 0 aliphatic carbocycles. The molecule has 152 valence electrons. The van der Waals surface area contributed by atoms with Crippen LogP contribution in [0.15, 0.2) is 27.4 Å². The van der Waals surface area contributed by atoms with Crippen molar-refractivity contribution in [3.05, 3.63) is 49.8 Å².